The van der Waals surface area contributed by atoms with E-state index in [-0.39, 0.29) is 6.04 Å². The van der Waals surface area contributed by atoms with Gasteiger partial charge in [0.1, 0.15) is 12.1 Å². The molecule has 0 saturated carbocycles. The van der Waals surface area contributed by atoms with Gasteiger partial charge in [-0.15, -0.1) is 0 Å². The molecule has 1 aromatic heterocycles. The number of nitrogens with one attached hydrogen (secondary N) is 1. The molecular formula is C12H22N4O. The summed E-state index contributed by atoms with van der Waals surface area (Å²) in [6, 6.07) is 0.252. The van der Waals surface area contributed by atoms with Gasteiger partial charge in [0.2, 0.25) is 5.88 Å². The van der Waals surface area contributed by atoms with E-state index in [9.17, 15) is 0 Å². The van der Waals surface area contributed by atoms with Gasteiger partial charge in [0, 0.05) is 12.6 Å². The van der Waals surface area contributed by atoms with Gasteiger partial charge in [0.15, 0.2) is 0 Å². The summed E-state index contributed by atoms with van der Waals surface area (Å²) in [7, 11) is 0. The maximum Gasteiger partial charge on any atom is 0.221 e. The number of nitrogens with two attached hydrogens (primary N) is 1. The second-order valence-corrected chi connectivity index (χ2v) is 4.13. The quantitative estimate of drug-likeness (QED) is 0.708. The minimum Gasteiger partial charge on any atom is -0.478 e. The summed E-state index contributed by atoms with van der Waals surface area (Å²) in [6.07, 6.45) is 3.56. The summed E-state index contributed by atoms with van der Waals surface area (Å²) >= 11 is 0. The van der Waals surface area contributed by atoms with Gasteiger partial charge in [0.25, 0.3) is 0 Å². The van der Waals surface area contributed by atoms with Gasteiger partial charge in [-0.2, -0.15) is 0 Å². The van der Waals surface area contributed by atoms with E-state index >= 15 is 0 Å². The van der Waals surface area contributed by atoms with Crippen molar-refractivity contribution in [3.63, 3.8) is 0 Å². The second kappa shape index (κ2) is 7.06. The first-order valence-corrected chi connectivity index (χ1v) is 6.09. The highest BCUT2D eigenvalue weighted by Crippen LogP contribution is 2.20. The highest BCUT2D eigenvalue weighted by Gasteiger charge is 2.06. The van der Waals surface area contributed by atoms with Crippen LogP contribution in [-0.2, 0) is 0 Å². The summed E-state index contributed by atoms with van der Waals surface area (Å²) in [5, 5.41) is 3.28. The van der Waals surface area contributed by atoms with E-state index in [1.807, 2.05) is 20.8 Å². The number of hydrogen-bond acceptors (Lipinski definition) is 5. The Morgan fingerprint density at radius 3 is 2.88 bits per heavy atom. The Morgan fingerprint density at radius 2 is 2.24 bits per heavy atom. The van der Waals surface area contributed by atoms with Crippen molar-refractivity contribution in [1.82, 2.24) is 9.97 Å². The van der Waals surface area contributed by atoms with Gasteiger partial charge in [-0.25, -0.2) is 9.97 Å². The minimum atomic E-state index is 0.252. The van der Waals surface area contributed by atoms with Crippen LogP contribution in [0.1, 0.15) is 32.3 Å². The Balaban J connectivity index is 2.50. The van der Waals surface area contributed by atoms with E-state index in [1.165, 1.54) is 6.33 Å². The predicted octanol–water partition coefficient (Wildman–Crippen LogP) is 1.72. The van der Waals surface area contributed by atoms with Crippen LogP contribution in [0.2, 0.25) is 0 Å². The van der Waals surface area contributed by atoms with Crippen LogP contribution < -0.4 is 15.8 Å². The van der Waals surface area contributed by atoms with Crippen LogP contribution in [0.3, 0.4) is 0 Å². The third kappa shape index (κ3) is 4.56. The smallest absolute Gasteiger partial charge is 0.221 e. The lowest BCUT2D eigenvalue weighted by molar-refractivity contribution is 0.324. The second-order valence-electron chi connectivity index (χ2n) is 4.13. The molecule has 3 N–H and O–H groups in total. The molecule has 0 aliphatic heterocycles. The molecule has 96 valence electrons. The van der Waals surface area contributed by atoms with Crippen LogP contribution >= 0.6 is 0 Å². The maximum absolute atomic E-state index is 5.69. The van der Waals surface area contributed by atoms with Gasteiger partial charge in [0.05, 0.1) is 12.2 Å². The lowest BCUT2D eigenvalue weighted by Crippen LogP contribution is -2.16. The van der Waals surface area contributed by atoms with Crippen LogP contribution in [-0.4, -0.2) is 29.2 Å². The molecule has 5 heteroatoms. The summed E-state index contributed by atoms with van der Waals surface area (Å²) in [5.74, 6) is 1.49. The highest BCUT2D eigenvalue weighted by molar-refractivity contribution is 5.47. The average Bonchev–Trinajstić information content (AvgIpc) is 2.29. The number of anilines is 1. The Morgan fingerprint density at radius 1 is 1.47 bits per heavy atom. The van der Waals surface area contributed by atoms with Crippen molar-refractivity contribution in [1.29, 1.82) is 0 Å². The van der Waals surface area contributed by atoms with Crippen LogP contribution in [0.25, 0.3) is 0 Å². The molecular weight excluding hydrogens is 216 g/mol. The monoisotopic (exact) mass is 238 g/mol. The van der Waals surface area contributed by atoms with Gasteiger partial charge in [-0.3, -0.25) is 0 Å². The lowest BCUT2D eigenvalue weighted by atomic mass is 10.2. The van der Waals surface area contributed by atoms with E-state index in [4.69, 9.17) is 10.5 Å². The van der Waals surface area contributed by atoms with E-state index in [0.29, 0.717) is 12.5 Å². The largest absolute Gasteiger partial charge is 0.478 e. The Labute approximate surface area is 103 Å². The third-order valence-corrected chi connectivity index (χ3v) is 2.45. The molecule has 1 atom stereocenters. The first kappa shape index (κ1) is 13.7. The van der Waals surface area contributed by atoms with Crippen molar-refractivity contribution < 1.29 is 4.74 Å². The normalized spacial score (nSPS) is 12.2. The molecule has 0 fully saturated rings. The zero-order valence-corrected chi connectivity index (χ0v) is 10.9. The fourth-order valence-corrected chi connectivity index (χ4v) is 1.53. The molecule has 0 radical (unpaired) electrons. The lowest BCUT2D eigenvalue weighted by Gasteiger charge is -2.11. The first-order chi connectivity index (χ1) is 8.15. The van der Waals surface area contributed by atoms with Crippen LogP contribution in [0.5, 0.6) is 5.88 Å². The van der Waals surface area contributed by atoms with Crippen LogP contribution in [0, 0.1) is 6.92 Å². The zero-order valence-electron chi connectivity index (χ0n) is 10.9. The van der Waals surface area contributed by atoms with Crippen molar-refractivity contribution in [3.05, 3.63) is 11.9 Å². The van der Waals surface area contributed by atoms with Crippen LogP contribution in [0.15, 0.2) is 6.33 Å². The molecule has 0 spiro atoms. The summed E-state index contributed by atoms with van der Waals surface area (Å²) in [5.41, 5.74) is 6.65. The Kier molecular flexibility index (Phi) is 5.69. The number of rotatable bonds is 7. The third-order valence-electron chi connectivity index (χ3n) is 2.45. The molecule has 5 nitrogen and oxygen atoms in total. The summed E-state index contributed by atoms with van der Waals surface area (Å²) in [6.45, 7) is 7.40. The van der Waals surface area contributed by atoms with E-state index in [0.717, 1.165) is 30.8 Å². The predicted molar refractivity (Wildman–Crippen MR) is 69.3 cm³/mol. The molecule has 1 unspecified atom stereocenters. The van der Waals surface area contributed by atoms with E-state index in [2.05, 4.69) is 15.3 Å². The molecule has 1 rings (SSSR count). The number of nitrogens with zero attached hydrogens (tertiary/aromatic N) is 2. The van der Waals surface area contributed by atoms with Gasteiger partial charge in [-0.05, 0) is 33.6 Å². The highest BCUT2D eigenvalue weighted by atomic mass is 16.5. The standard InChI is InChI=1S/C12H22N4O/c1-4-17-12-10(3)11(15-8-16-12)14-7-5-6-9(2)13/h8-9H,4-7,13H2,1-3H3,(H,14,15,16). The summed E-state index contributed by atoms with van der Waals surface area (Å²) < 4.78 is 5.41. The molecule has 0 aliphatic carbocycles. The zero-order chi connectivity index (χ0) is 12.7. The maximum atomic E-state index is 5.69. The van der Waals surface area contributed by atoms with Crippen molar-refractivity contribution in [2.24, 2.45) is 5.73 Å². The van der Waals surface area contributed by atoms with E-state index in [1.54, 1.807) is 0 Å². The Bertz CT molecular complexity index is 341. The van der Waals surface area contributed by atoms with Gasteiger partial charge >= 0.3 is 0 Å². The molecule has 0 amide bonds. The van der Waals surface area contributed by atoms with Gasteiger partial charge < -0.3 is 15.8 Å². The summed E-state index contributed by atoms with van der Waals surface area (Å²) in [4.78, 5) is 8.30. The first-order valence-electron chi connectivity index (χ1n) is 6.09. The fraction of sp³-hybridized carbons (Fsp3) is 0.667. The SMILES string of the molecule is CCOc1ncnc(NCCCC(C)N)c1C. The number of ether oxygens (including phenoxy) is 1. The molecule has 1 aromatic rings. The van der Waals surface area contributed by atoms with Crippen molar-refractivity contribution in [3.8, 4) is 5.88 Å². The molecule has 0 aliphatic rings. The number of hydrogen-bond donors (Lipinski definition) is 2. The fourth-order valence-electron chi connectivity index (χ4n) is 1.53. The number of aromatic nitrogens is 2. The molecule has 0 aromatic carbocycles. The minimum absolute atomic E-state index is 0.252. The van der Waals surface area contributed by atoms with E-state index < -0.39 is 0 Å². The van der Waals surface area contributed by atoms with Crippen LogP contribution in [0.4, 0.5) is 5.82 Å². The van der Waals surface area contributed by atoms with Gasteiger partial charge in [-0.1, -0.05) is 0 Å². The molecule has 1 heterocycles. The van der Waals surface area contributed by atoms with Crippen molar-refractivity contribution in [2.75, 3.05) is 18.5 Å². The topological polar surface area (TPSA) is 73.1 Å². The molecule has 17 heavy (non-hydrogen) atoms. The molecule has 0 bridgehead atoms. The molecule has 0 saturated heterocycles. The Hall–Kier alpha value is -1.36. The average molecular weight is 238 g/mol. The van der Waals surface area contributed by atoms with Crippen molar-refractivity contribution in [2.45, 2.75) is 39.7 Å². The van der Waals surface area contributed by atoms with Crippen molar-refractivity contribution >= 4 is 5.82 Å².